The number of aromatic hydroxyl groups is 1. The maximum atomic E-state index is 11.9. The third-order valence-electron chi connectivity index (χ3n) is 3.51. The first-order valence-corrected chi connectivity index (χ1v) is 8.08. The number of carbonyl (C=O) groups excluding carboxylic acids is 1. The number of amides is 1. The highest BCUT2D eigenvalue weighted by Gasteiger charge is 2.04. The fourth-order valence-corrected chi connectivity index (χ4v) is 2.29. The maximum absolute atomic E-state index is 11.9. The van der Waals surface area contributed by atoms with Gasteiger partial charge in [0, 0.05) is 5.69 Å². The van der Waals surface area contributed by atoms with Crippen LogP contribution in [0.3, 0.4) is 0 Å². The van der Waals surface area contributed by atoms with Crippen molar-refractivity contribution in [3.63, 3.8) is 0 Å². The Bertz CT molecular complexity index is 773. The van der Waals surface area contributed by atoms with E-state index in [0.717, 1.165) is 11.3 Å². The minimum Gasteiger partial charge on any atom is -0.504 e. The van der Waals surface area contributed by atoms with E-state index >= 15 is 0 Å². The molecule has 0 aromatic heterocycles. The lowest BCUT2D eigenvalue weighted by Crippen LogP contribution is -2.26. The second-order valence-electron chi connectivity index (χ2n) is 5.63. The number of hydrazone groups is 1. The molecule has 2 aromatic rings. The van der Waals surface area contributed by atoms with Crippen molar-refractivity contribution >= 4 is 17.8 Å². The Labute approximate surface area is 147 Å². The van der Waals surface area contributed by atoms with Crippen molar-refractivity contribution in [2.24, 2.45) is 5.10 Å². The third-order valence-corrected chi connectivity index (χ3v) is 3.51. The molecule has 0 fully saturated rings. The molecular formula is C19H23N3O3. The smallest absolute Gasteiger partial charge is 0.259 e. The van der Waals surface area contributed by atoms with Crippen LogP contribution in [0.15, 0.2) is 41.5 Å². The number of hydrogen-bond acceptors (Lipinski definition) is 5. The molecule has 0 radical (unpaired) electrons. The van der Waals surface area contributed by atoms with Crippen molar-refractivity contribution in [2.75, 3.05) is 18.5 Å². The molecule has 3 N–H and O–H groups in total. The molecular weight excluding hydrogens is 318 g/mol. The van der Waals surface area contributed by atoms with Crippen LogP contribution in [0.2, 0.25) is 0 Å². The molecule has 6 heteroatoms. The van der Waals surface area contributed by atoms with Gasteiger partial charge in [-0.2, -0.15) is 5.10 Å². The largest absolute Gasteiger partial charge is 0.504 e. The zero-order chi connectivity index (χ0) is 18.2. The predicted molar refractivity (Wildman–Crippen MR) is 99.4 cm³/mol. The molecule has 0 unspecified atom stereocenters. The zero-order valence-corrected chi connectivity index (χ0v) is 14.7. The molecule has 0 saturated carbocycles. The highest BCUT2D eigenvalue weighted by molar-refractivity contribution is 5.85. The van der Waals surface area contributed by atoms with Gasteiger partial charge in [-0.3, -0.25) is 4.79 Å². The lowest BCUT2D eigenvalue weighted by molar-refractivity contribution is -0.119. The van der Waals surface area contributed by atoms with Gasteiger partial charge in [-0.15, -0.1) is 0 Å². The highest BCUT2D eigenvalue weighted by atomic mass is 16.5. The Hall–Kier alpha value is -3.02. The van der Waals surface area contributed by atoms with Gasteiger partial charge in [0.15, 0.2) is 11.5 Å². The van der Waals surface area contributed by atoms with E-state index in [2.05, 4.69) is 21.9 Å². The van der Waals surface area contributed by atoms with E-state index in [1.54, 1.807) is 12.1 Å². The van der Waals surface area contributed by atoms with Crippen molar-refractivity contribution in [2.45, 2.75) is 20.8 Å². The van der Waals surface area contributed by atoms with E-state index in [4.69, 9.17) is 4.74 Å². The molecule has 6 nitrogen and oxygen atoms in total. The number of anilines is 1. The number of hydrogen-bond donors (Lipinski definition) is 3. The van der Waals surface area contributed by atoms with Gasteiger partial charge >= 0.3 is 0 Å². The molecule has 0 spiro atoms. The Balaban J connectivity index is 1.87. The van der Waals surface area contributed by atoms with Gasteiger partial charge in [0.25, 0.3) is 5.91 Å². The number of phenols is 1. The highest BCUT2D eigenvalue weighted by Crippen LogP contribution is 2.26. The molecule has 1 amide bonds. The van der Waals surface area contributed by atoms with Crippen LogP contribution in [0.1, 0.15) is 23.6 Å². The van der Waals surface area contributed by atoms with Crippen LogP contribution in [0.5, 0.6) is 11.5 Å². The number of carbonyl (C=O) groups is 1. The molecule has 2 rings (SSSR count). The lowest BCUT2D eigenvalue weighted by atomic mass is 10.1. The van der Waals surface area contributed by atoms with Gasteiger partial charge < -0.3 is 15.2 Å². The van der Waals surface area contributed by atoms with E-state index in [9.17, 15) is 9.90 Å². The van der Waals surface area contributed by atoms with Gasteiger partial charge in [-0.25, -0.2) is 5.43 Å². The number of rotatable bonds is 7. The zero-order valence-electron chi connectivity index (χ0n) is 14.7. The summed E-state index contributed by atoms with van der Waals surface area (Å²) in [4.78, 5) is 11.9. The fraction of sp³-hybridized carbons (Fsp3) is 0.263. The van der Waals surface area contributed by atoms with Crippen molar-refractivity contribution in [1.29, 1.82) is 0 Å². The quantitative estimate of drug-likeness (QED) is 0.534. The van der Waals surface area contributed by atoms with Crippen molar-refractivity contribution in [3.05, 3.63) is 53.1 Å². The van der Waals surface area contributed by atoms with E-state index in [1.165, 1.54) is 17.8 Å². The Morgan fingerprint density at radius 1 is 1.24 bits per heavy atom. The van der Waals surface area contributed by atoms with Crippen LogP contribution in [0, 0.1) is 13.8 Å². The van der Waals surface area contributed by atoms with Gasteiger partial charge in [0.1, 0.15) is 0 Å². The first-order chi connectivity index (χ1) is 12.0. The number of phenolic OH excluding ortho intramolecular Hbond substituents is 1. The molecule has 0 aliphatic carbocycles. The Morgan fingerprint density at radius 2 is 2.04 bits per heavy atom. The molecule has 0 heterocycles. The number of ether oxygens (including phenoxy) is 1. The van der Waals surface area contributed by atoms with E-state index in [0.29, 0.717) is 17.9 Å². The van der Waals surface area contributed by atoms with Crippen LogP contribution in [-0.2, 0) is 4.79 Å². The monoisotopic (exact) mass is 341 g/mol. The molecule has 0 aliphatic heterocycles. The Morgan fingerprint density at radius 3 is 2.76 bits per heavy atom. The summed E-state index contributed by atoms with van der Waals surface area (Å²) in [7, 11) is 0. The summed E-state index contributed by atoms with van der Waals surface area (Å²) < 4.78 is 5.30. The molecule has 0 atom stereocenters. The summed E-state index contributed by atoms with van der Waals surface area (Å²) >= 11 is 0. The molecule has 0 saturated heterocycles. The first-order valence-electron chi connectivity index (χ1n) is 8.08. The Kier molecular flexibility index (Phi) is 6.39. The first kappa shape index (κ1) is 18.3. The predicted octanol–water partition coefficient (Wildman–Crippen LogP) is 2.97. The molecule has 0 aliphatic rings. The van der Waals surface area contributed by atoms with E-state index in [-0.39, 0.29) is 18.2 Å². The normalized spacial score (nSPS) is 10.7. The molecule has 25 heavy (non-hydrogen) atoms. The molecule has 2 aromatic carbocycles. The van der Waals surface area contributed by atoms with Crippen LogP contribution in [0.25, 0.3) is 0 Å². The van der Waals surface area contributed by atoms with Gasteiger partial charge in [-0.05, 0) is 56.2 Å². The van der Waals surface area contributed by atoms with E-state index < -0.39 is 0 Å². The average molecular weight is 341 g/mol. The number of benzene rings is 2. The van der Waals surface area contributed by atoms with Crippen molar-refractivity contribution in [1.82, 2.24) is 5.43 Å². The second kappa shape index (κ2) is 8.73. The number of nitrogens with zero attached hydrogens (tertiary/aromatic N) is 1. The van der Waals surface area contributed by atoms with Gasteiger partial charge in [-0.1, -0.05) is 17.7 Å². The van der Waals surface area contributed by atoms with Crippen LogP contribution >= 0.6 is 0 Å². The summed E-state index contributed by atoms with van der Waals surface area (Å²) in [6, 6.07) is 10.9. The van der Waals surface area contributed by atoms with Crippen molar-refractivity contribution in [3.8, 4) is 11.5 Å². The lowest BCUT2D eigenvalue weighted by Gasteiger charge is -2.09. The molecule has 0 bridgehead atoms. The van der Waals surface area contributed by atoms with Gasteiger partial charge in [0.05, 0.1) is 19.4 Å². The summed E-state index contributed by atoms with van der Waals surface area (Å²) in [5.74, 6) is 0.204. The summed E-state index contributed by atoms with van der Waals surface area (Å²) in [6.07, 6.45) is 1.50. The minimum absolute atomic E-state index is 0.0701. The molecule has 132 valence electrons. The third kappa shape index (κ3) is 5.53. The minimum atomic E-state index is -0.250. The number of nitrogens with one attached hydrogen (secondary N) is 2. The van der Waals surface area contributed by atoms with Crippen LogP contribution in [0.4, 0.5) is 5.69 Å². The van der Waals surface area contributed by atoms with Crippen LogP contribution < -0.4 is 15.5 Å². The van der Waals surface area contributed by atoms with Gasteiger partial charge in [0.2, 0.25) is 0 Å². The topological polar surface area (TPSA) is 83.0 Å². The summed E-state index contributed by atoms with van der Waals surface area (Å²) in [5.41, 5.74) is 6.36. The maximum Gasteiger partial charge on any atom is 0.259 e. The summed E-state index contributed by atoms with van der Waals surface area (Å²) in [6.45, 7) is 6.43. The number of aryl methyl sites for hydroxylation is 2. The fourth-order valence-electron chi connectivity index (χ4n) is 2.29. The standard InChI is InChI=1S/C19H23N3O3/c1-4-25-18-10-15(6-8-17(18)23)11-21-22-19(24)12-20-16-7-5-13(2)9-14(16)3/h5-11,20,23H,4,12H2,1-3H3,(H,22,24)/b21-11+. The summed E-state index contributed by atoms with van der Waals surface area (Å²) in [5, 5.41) is 16.7. The second-order valence-corrected chi connectivity index (χ2v) is 5.63. The van der Waals surface area contributed by atoms with Crippen molar-refractivity contribution < 1.29 is 14.6 Å². The average Bonchev–Trinajstić information content (AvgIpc) is 2.57. The van der Waals surface area contributed by atoms with Crippen LogP contribution in [-0.4, -0.2) is 30.4 Å². The SMILES string of the molecule is CCOc1cc(/C=N/NC(=O)CNc2ccc(C)cc2C)ccc1O. The van der Waals surface area contributed by atoms with E-state index in [1.807, 2.05) is 32.9 Å².